The minimum absolute atomic E-state index is 0.0231. The Morgan fingerprint density at radius 2 is 1.04 bits per heavy atom. The second kappa shape index (κ2) is 21.0. The standard InChI is InChI=1S/C24H28O5S.C21H24O5S/c1-15-10-12-20(13-11-15)30-24-22(29-23(26)19-8-6-5-7-9-19)17(3)16(2)21(28-24)14-27-18(4)25;1-13-8-10-16(11-9-13)27-21-19(14(2)18(23)17(12-22)25-21)26-20(24)15-6-4-3-5-7-15/h5-13,16-17,21-22,24H,14H2,1-4H3;3-11,14,17-19,21-23H,12H2,1-2H3/t16-,17-,21?,22?,24+;14-,17?,18-,19?,21+/m00/s1. The molecule has 4 aromatic carbocycles. The van der Waals surface area contributed by atoms with E-state index < -0.39 is 41.3 Å². The van der Waals surface area contributed by atoms with Crippen LogP contribution in [0.5, 0.6) is 0 Å². The van der Waals surface area contributed by atoms with Crippen molar-refractivity contribution in [2.24, 2.45) is 17.8 Å². The fraction of sp³-hybridized carbons (Fsp3) is 0.400. The van der Waals surface area contributed by atoms with Crippen molar-refractivity contribution in [1.82, 2.24) is 0 Å². The van der Waals surface area contributed by atoms with Gasteiger partial charge in [0.1, 0.15) is 35.8 Å². The molecule has 4 aromatic rings. The van der Waals surface area contributed by atoms with Crippen LogP contribution in [0.15, 0.2) is 119 Å². The highest BCUT2D eigenvalue weighted by molar-refractivity contribution is 8.00. The average molecular weight is 817 g/mol. The molecule has 0 aliphatic carbocycles. The Kier molecular flexibility index (Phi) is 16.2. The Hall–Kier alpha value is -4.17. The molecule has 2 saturated heterocycles. The van der Waals surface area contributed by atoms with Crippen molar-refractivity contribution in [2.45, 2.75) is 92.7 Å². The summed E-state index contributed by atoms with van der Waals surface area (Å²) in [6.07, 6.45) is -2.99. The lowest BCUT2D eigenvalue weighted by Crippen LogP contribution is -2.54. The molecule has 0 radical (unpaired) electrons. The monoisotopic (exact) mass is 816 g/mol. The Labute approximate surface area is 343 Å². The molecule has 2 N–H and O–H groups in total. The van der Waals surface area contributed by atoms with E-state index in [9.17, 15) is 24.6 Å². The maximum Gasteiger partial charge on any atom is 0.338 e. The molecule has 2 aliphatic heterocycles. The number of aryl methyl sites for hydroxylation is 2. The lowest BCUT2D eigenvalue weighted by Gasteiger charge is -2.43. The van der Waals surface area contributed by atoms with Gasteiger partial charge in [0, 0.05) is 28.6 Å². The first kappa shape index (κ1) is 43.9. The number of thioether (sulfide) groups is 2. The molecule has 12 heteroatoms. The van der Waals surface area contributed by atoms with E-state index in [1.54, 1.807) is 36.4 Å². The number of carbonyl (C=O) groups excluding carboxylic acids is 3. The molecule has 2 fully saturated rings. The zero-order chi connectivity index (χ0) is 41.1. The van der Waals surface area contributed by atoms with Gasteiger partial charge in [0.05, 0.1) is 29.9 Å². The zero-order valence-corrected chi connectivity index (χ0v) is 34.7. The van der Waals surface area contributed by atoms with E-state index in [-0.39, 0.29) is 49.0 Å². The third kappa shape index (κ3) is 12.2. The molecule has 2 aliphatic rings. The first-order chi connectivity index (χ1) is 27.3. The van der Waals surface area contributed by atoms with Crippen molar-refractivity contribution in [3.63, 3.8) is 0 Å². The molecule has 0 amide bonds. The van der Waals surface area contributed by atoms with Gasteiger partial charge in [-0.2, -0.15) is 0 Å². The van der Waals surface area contributed by atoms with Crippen molar-refractivity contribution in [3.05, 3.63) is 131 Å². The van der Waals surface area contributed by atoms with Crippen LogP contribution < -0.4 is 0 Å². The smallest absolute Gasteiger partial charge is 0.338 e. The van der Waals surface area contributed by atoms with Crippen LogP contribution in [0.3, 0.4) is 0 Å². The van der Waals surface area contributed by atoms with Gasteiger partial charge in [-0.1, -0.05) is 116 Å². The van der Waals surface area contributed by atoms with Crippen molar-refractivity contribution < 1.29 is 48.3 Å². The normalized spacial score (nSPS) is 26.9. The summed E-state index contributed by atoms with van der Waals surface area (Å²) in [5, 5.41) is 20.0. The summed E-state index contributed by atoms with van der Waals surface area (Å²) in [7, 11) is 0. The number of aliphatic hydroxyl groups is 2. The maximum absolute atomic E-state index is 12.7. The Balaban J connectivity index is 0.000000219. The molecule has 0 saturated carbocycles. The van der Waals surface area contributed by atoms with Gasteiger partial charge in [-0.25, -0.2) is 9.59 Å². The predicted octanol–water partition coefficient (Wildman–Crippen LogP) is 7.90. The largest absolute Gasteiger partial charge is 0.463 e. The van der Waals surface area contributed by atoms with Crippen molar-refractivity contribution in [3.8, 4) is 0 Å². The van der Waals surface area contributed by atoms with Gasteiger partial charge in [0.2, 0.25) is 0 Å². The summed E-state index contributed by atoms with van der Waals surface area (Å²) in [6.45, 7) is 11.2. The molecule has 4 unspecified atom stereocenters. The van der Waals surface area contributed by atoms with E-state index in [2.05, 4.69) is 6.92 Å². The Morgan fingerprint density at radius 3 is 1.46 bits per heavy atom. The lowest BCUT2D eigenvalue weighted by molar-refractivity contribution is -0.178. The van der Waals surface area contributed by atoms with Crippen LogP contribution in [0.1, 0.15) is 59.5 Å². The van der Waals surface area contributed by atoms with Gasteiger partial charge >= 0.3 is 17.9 Å². The number of rotatable bonds is 11. The molecule has 0 spiro atoms. The molecule has 10 nitrogen and oxygen atoms in total. The van der Waals surface area contributed by atoms with E-state index >= 15 is 0 Å². The van der Waals surface area contributed by atoms with Gasteiger partial charge < -0.3 is 33.9 Å². The fourth-order valence-electron chi connectivity index (χ4n) is 6.46. The molecule has 0 aromatic heterocycles. The van der Waals surface area contributed by atoms with E-state index in [1.807, 2.05) is 100 Å². The first-order valence-corrected chi connectivity index (χ1v) is 20.8. The van der Waals surface area contributed by atoms with Gasteiger partial charge in [0.15, 0.2) is 0 Å². The summed E-state index contributed by atoms with van der Waals surface area (Å²) in [5.74, 6) is -1.47. The predicted molar refractivity (Wildman–Crippen MR) is 220 cm³/mol. The molecule has 6 rings (SSSR count). The lowest BCUT2D eigenvalue weighted by atomic mass is 9.84. The molecular formula is C45H52O10S2. The Morgan fingerprint density at radius 1 is 0.614 bits per heavy atom. The van der Waals surface area contributed by atoms with Crippen LogP contribution in [0.2, 0.25) is 0 Å². The number of carbonyl (C=O) groups is 3. The highest BCUT2D eigenvalue weighted by atomic mass is 32.2. The highest BCUT2D eigenvalue weighted by Crippen LogP contribution is 2.41. The van der Waals surface area contributed by atoms with Crippen LogP contribution in [0.4, 0.5) is 0 Å². The average Bonchev–Trinajstić information content (AvgIpc) is 3.22. The highest BCUT2D eigenvalue weighted by Gasteiger charge is 2.46. The second-order valence-electron chi connectivity index (χ2n) is 14.5. The quantitative estimate of drug-likeness (QED) is 0.112. The number of hydrogen-bond acceptors (Lipinski definition) is 12. The van der Waals surface area contributed by atoms with Crippen molar-refractivity contribution in [1.29, 1.82) is 0 Å². The van der Waals surface area contributed by atoms with E-state index in [0.29, 0.717) is 11.1 Å². The SMILES string of the molecule is CC(=O)OCC1O[C@H](Sc2ccc(C)cc2)C(OC(=O)c2ccccc2)[C@@H](C)[C@@H]1C.Cc1ccc(S[C@H]2OC(CO)[C@@H](O)[C@H](C)C2OC(=O)c2ccccc2)cc1. The molecule has 0 bridgehead atoms. The number of benzene rings is 4. The van der Waals surface area contributed by atoms with Gasteiger partial charge in [-0.3, -0.25) is 4.79 Å². The summed E-state index contributed by atoms with van der Waals surface area (Å²) in [5.41, 5.74) is 2.34. The Bertz CT molecular complexity index is 1880. The van der Waals surface area contributed by atoms with E-state index in [0.717, 1.165) is 15.4 Å². The molecule has 57 heavy (non-hydrogen) atoms. The van der Waals surface area contributed by atoms with Crippen molar-refractivity contribution in [2.75, 3.05) is 13.2 Å². The number of aliphatic hydroxyl groups excluding tert-OH is 2. The minimum Gasteiger partial charge on any atom is -0.463 e. The molecule has 304 valence electrons. The zero-order valence-electron chi connectivity index (χ0n) is 33.1. The number of esters is 3. The van der Waals surface area contributed by atoms with E-state index in [4.69, 9.17) is 23.7 Å². The van der Waals surface area contributed by atoms with Crippen LogP contribution >= 0.6 is 23.5 Å². The topological polar surface area (TPSA) is 138 Å². The summed E-state index contributed by atoms with van der Waals surface area (Å²) in [6, 6.07) is 33.8. The van der Waals surface area contributed by atoms with Gasteiger partial charge in [-0.15, -0.1) is 0 Å². The van der Waals surface area contributed by atoms with Crippen LogP contribution in [0.25, 0.3) is 0 Å². The minimum atomic E-state index is -0.918. The number of ether oxygens (including phenoxy) is 5. The summed E-state index contributed by atoms with van der Waals surface area (Å²) >= 11 is 2.94. The molecule has 2 heterocycles. The third-order valence-corrected chi connectivity index (χ3v) is 12.5. The fourth-order valence-corrected chi connectivity index (χ4v) is 8.86. The maximum atomic E-state index is 12.7. The summed E-state index contributed by atoms with van der Waals surface area (Å²) in [4.78, 5) is 38.6. The van der Waals surface area contributed by atoms with Gasteiger partial charge in [0.25, 0.3) is 0 Å². The first-order valence-electron chi connectivity index (χ1n) is 19.1. The van der Waals surface area contributed by atoms with Crippen LogP contribution in [-0.2, 0) is 28.5 Å². The summed E-state index contributed by atoms with van der Waals surface area (Å²) < 4.78 is 29.1. The number of hydrogen-bond donors (Lipinski definition) is 2. The van der Waals surface area contributed by atoms with Gasteiger partial charge in [-0.05, 0) is 68.3 Å². The second-order valence-corrected chi connectivity index (χ2v) is 16.8. The van der Waals surface area contributed by atoms with E-state index in [1.165, 1.54) is 36.0 Å². The van der Waals surface area contributed by atoms with Crippen molar-refractivity contribution >= 4 is 41.4 Å². The molecular weight excluding hydrogens is 765 g/mol. The third-order valence-electron chi connectivity index (χ3n) is 10.2. The van der Waals surface area contributed by atoms with Crippen LogP contribution in [0, 0.1) is 31.6 Å². The molecule has 10 atom stereocenters. The van der Waals surface area contributed by atoms with Crippen LogP contribution in [-0.4, -0.2) is 82.7 Å².